The second kappa shape index (κ2) is 5.71. The molecular weight excluding hydrogens is 216 g/mol. The van der Waals surface area contributed by atoms with Crippen LogP contribution in [-0.2, 0) is 10.2 Å². The minimum Gasteiger partial charge on any atom is -0.494 e. The summed E-state index contributed by atoms with van der Waals surface area (Å²) < 4.78 is 5.38. The van der Waals surface area contributed by atoms with Crippen LogP contribution >= 0.6 is 0 Å². The van der Waals surface area contributed by atoms with Crippen LogP contribution in [0.15, 0.2) is 24.3 Å². The van der Waals surface area contributed by atoms with Crippen LogP contribution in [0, 0.1) is 0 Å². The first-order valence-corrected chi connectivity index (χ1v) is 5.91. The Kier molecular flexibility index (Phi) is 4.55. The zero-order chi connectivity index (χ0) is 12.9. The van der Waals surface area contributed by atoms with Crippen molar-refractivity contribution in [1.82, 2.24) is 0 Å². The molecule has 0 atom stereocenters. The van der Waals surface area contributed by atoms with E-state index >= 15 is 0 Å². The molecule has 1 aromatic carbocycles. The predicted molar refractivity (Wildman–Crippen MR) is 67.5 cm³/mol. The van der Waals surface area contributed by atoms with E-state index in [-0.39, 0.29) is 11.8 Å². The maximum Gasteiger partial charge on any atom is 0.303 e. The molecular formula is C14H20O3. The third-order valence-corrected chi connectivity index (χ3v) is 2.91. The van der Waals surface area contributed by atoms with Crippen LogP contribution in [0.5, 0.6) is 5.75 Å². The molecule has 1 N–H and O–H groups in total. The summed E-state index contributed by atoms with van der Waals surface area (Å²) in [7, 11) is 0. The van der Waals surface area contributed by atoms with Gasteiger partial charge >= 0.3 is 5.97 Å². The van der Waals surface area contributed by atoms with Crippen molar-refractivity contribution in [2.24, 2.45) is 0 Å². The minimum absolute atomic E-state index is 0.122. The molecule has 0 bridgehead atoms. The third kappa shape index (κ3) is 4.10. The predicted octanol–water partition coefficient (Wildman–Crippen LogP) is 3.23. The molecule has 0 saturated carbocycles. The fraction of sp³-hybridized carbons (Fsp3) is 0.500. The molecule has 0 aromatic heterocycles. The highest BCUT2D eigenvalue weighted by Crippen LogP contribution is 2.29. The summed E-state index contributed by atoms with van der Waals surface area (Å²) >= 11 is 0. The van der Waals surface area contributed by atoms with E-state index in [4.69, 9.17) is 9.84 Å². The summed E-state index contributed by atoms with van der Waals surface area (Å²) in [5.41, 5.74) is 1.02. The van der Waals surface area contributed by atoms with Gasteiger partial charge in [0.15, 0.2) is 0 Å². The summed E-state index contributed by atoms with van der Waals surface area (Å²) in [6.45, 7) is 6.73. The Balaban J connectivity index is 2.73. The molecule has 0 aliphatic carbocycles. The maximum absolute atomic E-state index is 10.6. The van der Waals surface area contributed by atoms with Gasteiger partial charge in [-0.2, -0.15) is 0 Å². The molecule has 0 unspecified atom stereocenters. The first kappa shape index (κ1) is 13.6. The van der Waals surface area contributed by atoms with E-state index in [1.54, 1.807) is 0 Å². The molecule has 17 heavy (non-hydrogen) atoms. The topological polar surface area (TPSA) is 46.5 Å². The highest BCUT2D eigenvalue weighted by atomic mass is 16.5. The van der Waals surface area contributed by atoms with Crippen molar-refractivity contribution < 1.29 is 14.6 Å². The highest BCUT2D eigenvalue weighted by molar-refractivity contribution is 5.66. The lowest BCUT2D eigenvalue weighted by Crippen LogP contribution is -2.18. The largest absolute Gasteiger partial charge is 0.494 e. The van der Waals surface area contributed by atoms with Crippen LogP contribution in [0.1, 0.15) is 39.2 Å². The molecule has 0 saturated heterocycles. The molecule has 0 aliphatic heterocycles. The van der Waals surface area contributed by atoms with E-state index < -0.39 is 5.97 Å². The number of hydrogen-bond donors (Lipinski definition) is 1. The Labute approximate surface area is 102 Å². The van der Waals surface area contributed by atoms with Crippen molar-refractivity contribution in [2.45, 2.75) is 39.0 Å². The molecule has 3 heteroatoms. The number of benzene rings is 1. The number of ether oxygens (including phenoxy) is 1. The van der Waals surface area contributed by atoms with Crippen molar-refractivity contribution in [3.05, 3.63) is 29.8 Å². The molecule has 0 amide bonds. The van der Waals surface area contributed by atoms with Crippen LogP contribution in [0.2, 0.25) is 0 Å². The first-order valence-electron chi connectivity index (χ1n) is 5.91. The monoisotopic (exact) mass is 236 g/mol. The van der Waals surface area contributed by atoms with E-state index in [1.807, 2.05) is 31.2 Å². The van der Waals surface area contributed by atoms with E-state index in [0.717, 1.165) is 11.3 Å². The van der Waals surface area contributed by atoms with Gasteiger partial charge in [0.1, 0.15) is 5.75 Å². The lowest BCUT2D eigenvalue weighted by molar-refractivity contribution is -0.137. The van der Waals surface area contributed by atoms with Crippen LogP contribution in [0.25, 0.3) is 0 Å². The fourth-order valence-corrected chi connectivity index (χ4v) is 1.73. The molecule has 0 aliphatic rings. The Morgan fingerprint density at radius 3 is 2.35 bits per heavy atom. The van der Waals surface area contributed by atoms with E-state index in [1.165, 1.54) is 0 Å². The zero-order valence-corrected chi connectivity index (χ0v) is 10.7. The standard InChI is InChI=1S/C14H20O3/c1-4-17-12-7-5-11(6-8-12)14(2,3)10-9-13(15)16/h5-8H,4,9-10H2,1-3H3,(H,15,16). The highest BCUT2D eigenvalue weighted by Gasteiger charge is 2.21. The lowest BCUT2D eigenvalue weighted by Gasteiger charge is -2.24. The number of aliphatic carboxylic acids is 1. The van der Waals surface area contributed by atoms with Crippen molar-refractivity contribution in [3.63, 3.8) is 0 Å². The SMILES string of the molecule is CCOc1ccc(C(C)(C)CCC(=O)O)cc1. The number of hydrogen-bond acceptors (Lipinski definition) is 2. The summed E-state index contributed by atoms with van der Waals surface area (Å²) in [5, 5.41) is 8.72. The van der Waals surface area contributed by atoms with Gasteiger partial charge in [0.25, 0.3) is 0 Å². The van der Waals surface area contributed by atoms with Gasteiger partial charge in [-0.3, -0.25) is 4.79 Å². The van der Waals surface area contributed by atoms with Gasteiger partial charge in [0.05, 0.1) is 6.61 Å². The lowest BCUT2D eigenvalue weighted by atomic mass is 9.80. The summed E-state index contributed by atoms with van der Waals surface area (Å²) in [6.07, 6.45) is 0.830. The van der Waals surface area contributed by atoms with Crippen LogP contribution in [-0.4, -0.2) is 17.7 Å². The number of carboxylic acid groups (broad SMARTS) is 1. The van der Waals surface area contributed by atoms with Gasteiger partial charge in [-0.05, 0) is 36.5 Å². The molecule has 0 fully saturated rings. The van der Waals surface area contributed by atoms with Crippen molar-refractivity contribution in [2.75, 3.05) is 6.61 Å². The van der Waals surface area contributed by atoms with Gasteiger partial charge in [-0.1, -0.05) is 26.0 Å². The number of carboxylic acids is 1. The van der Waals surface area contributed by atoms with Crippen LogP contribution in [0.3, 0.4) is 0 Å². The summed E-state index contributed by atoms with van der Waals surface area (Å²) in [6, 6.07) is 7.88. The third-order valence-electron chi connectivity index (χ3n) is 2.91. The summed E-state index contributed by atoms with van der Waals surface area (Å²) in [5.74, 6) is 0.106. The van der Waals surface area contributed by atoms with E-state index in [9.17, 15) is 4.79 Å². The summed E-state index contributed by atoms with van der Waals surface area (Å²) in [4.78, 5) is 10.6. The quantitative estimate of drug-likeness (QED) is 0.824. The van der Waals surface area contributed by atoms with E-state index in [0.29, 0.717) is 13.0 Å². The van der Waals surface area contributed by atoms with Crippen LogP contribution in [0.4, 0.5) is 0 Å². The first-order chi connectivity index (χ1) is 7.95. The van der Waals surface area contributed by atoms with Gasteiger partial charge in [0, 0.05) is 6.42 Å². The Morgan fingerprint density at radius 2 is 1.88 bits per heavy atom. The minimum atomic E-state index is -0.746. The second-order valence-electron chi connectivity index (χ2n) is 4.74. The molecule has 1 rings (SSSR count). The van der Waals surface area contributed by atoms with E-state index in [2.05, 4.69) is 13.8 Å². The molecule has 0 heterocycles. The van der Waals surface area contributed by atoms with Crippen molar-refractivity contribution >= 4 is 5.97 Å². The number of carbonyl (C=O) groups is 1. The van der Waals surface area contributed by atoms with Crippen molar-refractivity contribution in [1.29, 1.82) is 0 Å². The Morgan fingerprint density at radius 1 is 1.29 bits per heavy atom. The smallest absolute Gasteiger partial charge is 0.303 e. The average molecular weight is 236 g/mol. The normalized spacial score (nSPS) is 11.2. The zero-order valence-electron chi connectivity index (χ0n) is 10.7. The maximum atomic E-state index is 10.6. The fourth-order valence-electron chi connectivity index (χ4n) is 1.73. The van der Waals surface area contributed by atoms with Gasteiger partial charge in [-0.15, -0.1) is 0 Å². The molecule has 0 radical (unpaired) electrons. The van der Waals surface area contributed by atoms with Crippen LogP contribution < -0.4 is 4.74 Å². The molecule has 94 valence electrons. The molecule has 3 nitrogen and oxygen atoms in total. The van der Waals surface area contributed by atoms with Gasteiger partial charge in [0.2, 0.25) is 0 Å². The van der Waals surface area contributed by atoms with Gasteiger partial charge in [-0.25, -0.2) is 0 Å². The van der Waals surface area contributed by atoms with Crippen molar-refractivity contribution in [3.8, 4) is 5.75 Å². The Hall–Kier alpha value is -1.51. The van der Waals surface area contributed by atoms with Gasteiger partial charge < -0.3 is 9.84 Å². The Bertz CT molecular complexity index is 366. The average Bonchev–Trinajstić information content (AvgIpc) is 2.28. The molecule has 1 aromatic rings. The second-order valence-corrected chi connectivity index (χ2v) is 4.74. The molecule has 0 spiro atoms. The number of rotatable bonds is 6.